The van der Waals surface area contributed by atoms with Crippen LogP contribution in [0.3, 0.4) is 0 Å². The van der Waals surface area contributed by atoms with Gasteiger partial charge in [-0.25, -0.2) is 0 Å². The molecule has 2 rings (SSSR count). The van der Waals surface area contributed by atoms with Gasteiger partial charge in [-0.1, -0.05) is 6.92 Å². The minimum Gasteiger partial charge on any atom is -0.492 e. The third-order valence-electron chi connectivity index (χ3n) is 4.64. The average Bonchev–Trinajstić information content (AvgIpc) is 2.57. The normalized spacial score (nSPS) is 15.5. The highest BCUT2D eigenvalue weighted by Crippen LogP contribution is 2.25. The van der Waals surface area contributed by atoms with E-state index in [1.807, 2.05) is 38.4 Å². The summed E-state index contributed by atoms with van der Waals surface area (Å²) < 4.78 is 5.66. The lowest BCUT2D eigenvalue weighted by Gasteiger charge is -2.27. The molecule has 1 aliphatic rings. The summed E-state index contributed by atoms with van der Waals surface area (Å²) in [6.07, 6.45) is 2.94. The van der Waals surface area contributed by atoms with Crippen LogP contribution in [-0.2, 0) is 4.79 Å². The zero-order chi connectivity index (χ0) is 17.4. The van der Waals surface area contributed by atoms with Gasteiger partial charge in [0.2, 0.25) is 5.91 Å². The summed E-state index contributed by atoms with van der Waals surface area (Å²) in [5, 5.41) is 6.37. The summed E-state index contributed by atoms with van der Waals surface area (Å²) in [6.45, 7) is 5.88. The van der Waals surface area contributed by atoms with Gasteiger partial charge in [0, 0.05) is 18.7 Å². The van der Waals surface area contributed by atoms with Gasteiger partial charge in [-0.05, 0) is 76.1 Å². The molecule has 7 heteroatoms. The quantitative estimate of drug-likeness (QED) is 0.695. The monoisotopic (exact) mass is 405 g/mol. The molecule has 0 spiro atoms. The van der Waals surface area contributed by atoms with Crippen LogP contribution in [0.15, 0.2) is 24.3 Å². The van der Waals surface area contributed by atoms with Crippen molar-refractivity contribution in [2.45, 2.75) is 26.2 Å². The van der Waals surface area contributed by atoms with Gasteiger partial charge >= 0.3 is 0 Å². The van der Waals surface area contributed by atoms with Crippen LogP contribution in [0.1, 0.15) is 26.2 Å². The first kappa shape index (κ1) is 25.0. The molecular formula is C19H33Cl2N3O2. The average molecular weight is 406 g/mol. The Labute approximate surface area is 170 Å². The molecule has 150 valence electrons. The number of carbonyl (C=O) groups is 1. The number of carbonyl (C=O) groups excluding carboxylic acids is 1. The zero-order valence-corrected chi connectivity index (χ0v) is 17.6. The molecule has 1 unspecified atom stereocenters. The molecule has 0 saturated carbocycles. The van der Waals surface area contributed by atoms with E-state index in [0.29, 0.717) is 24.9 Å². The van der Waals surface area contributed by atoms with E-state index in [1.54, 1.807) is 0 Å². The van der Waals surface area contributed by atoms with Crippen LogP contribution in [0, 0.1) is 11.8 Å². The SMILES string of the molecule is CC(CC(=O)Nc1ccc(OCCN(C)C)cc1)C1CCNCC1.Cl.Cl. The van der Waals surface area contributed by atoms with Crippen molar-refractivity contribution in [3.63, 3.8) is 0 Å². The minimum atomic E-state index is 0. The third-order valence-corrected chi connectivity index (χ3v) is 4.64. The van der Waals surface area contributed by atoms with Crippen molar-refractivity contribution >= 4 is 36.4 Å². The van der Waals surface area contributed by atoms with Crippen LogP contribution >= 0.6 is 24.8 Å². The van der Waals surface area contributed by atoms with Crippen molar-refractivity contribution in [3.05, 3.63) is 24.3 Å². The Hall–Kier alpha value is -1.01. The number of amides is 1. The van der Waals surface area contributed by atoms with Gasteiger partial charge in [0.1, 0.15) is 12.4 Å². The first-order valence-electron chi connectivity index (χ1n) is 8.93. The molecular weight excluding hydrogens is 373 g/mol. The lowest BCUT2D eigenvalue weighted by atomic mass is 9.84. The summed E-state index contributed by atoms with van der Waals surface area (Å²) >= 11 is 0. The molecule has 2 N–H and O–H groups in total. The largest absolute Gasteiger partial charge is 0.492 e. The van der Waals surface area contributed by atoms with Crippen molar-refractivity contribution in [2.75, 3.05) is 45.7 Å². The molecule has 1 aromatic carbocycles. The maximum absolute atomic E-state index is 12.2. The number of nitrogens with one attached hydrogen (secondary N) is 2. The smallest absolute Gasteiger partial charge is 0.224 e. The van der Waals surface area contributed by atoms with E-state index in [-0.39, 0.29) is 30.7 Å². The van der Waals surface area contributed by atoms with Gasteiger partial charge in [0.05, 0.1) is 0 Å². The fraction of sp³-hybridized carbons (Fsp3) is 0.632. The highest BCUT2D eigenvalue weighted by molar-refractivity contribution is 5.90. The number of nitrogens with zero attached hydrogens (tertiary/aromatic N) is 1. The van der Waals surface area contributed by atoms with Crippen LogP contribution in [0.5, 0.6) is 5.75 Å². The highest BCUT2D eigenvalue weighted by atomic mass is 35.5. The second kappa shape index (κ2) is 13.2. The maximum atomic E-state index is 12.2. The molecule has 0 bridgehead atoms. The molecule has 1 amide bonds. The molecule has 1 fully saturated rings. The van der Waals surface area contributed by atoms with E-state index < -0.39 is 0 Å². The molecule has 0 aromatic heterocycles. The number of rotatable bonds is 8. The van der Waals surface area contributed by atoms with Crippen LogP contribution in [0.25, 0.3) is 0 Å². The van der Waals surface area contributed by atoms with E-state index >= 15 is 0 Å². The van der Waals surface area contributed by atoms with Crippen molar-refractivity contribution in [1.82, 2.24) is 10.2 Å². The van der Waals surface area contributed by atoms with Crippen molar-refractivity contribution in [1.29, 1.82) is 0 Å². The van der Waals surface area contributed by atoms with Crippen molar-refractivity contribution in [2.24, 2.45) is 11.8 Å². The van der Waals surface area contributed by atoms with Gasteiger partial charge in [0.15, 0.2) is 0 Å². The fourth-order valence-corrected chi connectivity index (χ4v) is 3.06. The van der Waals surface area contributed by atoms with E-state index in [9.17, 15) is 4.79 Å². The molecule has 26 heavy (non-hydrogen) atoms. The molecule has 1 saturated heterocycles. The predicted octanol–water partition coefficient (Wildman–Crippen LogP) is 3.43. The first-order chi connectivity index (χ1) is 11.5. The maximum Gasteiger partial charge on any atom is 0.224 e. The predicted molar refractivity (Wildman–Crippen MR) is 113 cm³/mol. The van der Waals surface area contributed by atoms with Crippen LogP contribution < -0.4 is 15.4 Å². The second-order valence-corrected chi connectivity index (χ2v) is 6.99. The van der Waals surface area contributed by atoms with E-state index in [4.69, 9.17) is 4.74 Å². The molecule has 1 aromatic rings. The van der Waals surface area contributed by atoms with E-state index in [2.05, 4.69) is 22.5 Å². The lowest BCUT2D eigenvalue weighted by Crippen LogP contribution is -2.32. The Morgan fingerprint density at radius 2 is 1.85 bits per heavy atom. The molecule has 1 atom stereocenters. The van der Waals surface area contributed by atoms with Crippen molar-refractivity contribution in [3.8, 4) is 5.75 Å². The molecule has 5 nitrogen and oxygen atoms in total. The van der Waals surface area contributed by atoms with Crippen LogP contribution in [0.2, 0.25) is 0 Å². The standard InChI is InChI=1S/C19H31N3O2.2ClH/c1-15(16-8-10-20-11-9-16)14-19(23)21-17-4-6-18(7-5-17)24-13-12-22(2)3;;/h4-7,15-16,20H,8-14H2,1-3H3,(H,21,23);2*1H. The fourth-order valence-electron chi connectivity index (χ4n) is 3.06. The third kappa shape index (κ3) is 9.08. The Kier molecular flexibility index (Phi) is 12.7. The number of likely N-dealkylation sites (N-methyl/N-ethyl adjacent to an activating group) is 1. The van der Waals surface area contributed by atoms with Gasteiger partial charge in [-0.15, -0.1) is 24.8 Å². The lowest BCUT2D eigenvalue weighted by molar-refractivity contribution is -0.117. The Morgan fingerprint density at radius 3 is 2.42 bits per heavy atom. The topological polar surface area (TPSA) is 53.6 Å². The summed E-state index contributed by atoms with van der Waals surface area (Å²) in [4.78, 5) is 14.3. The second-order valence-electron chi connectivity index (χ2n) is 6.99. The molecule has 1 heterocycles. The summed E-state index contributed by atoms with van der Waals surface area (Å²) in [6, 6.07) is 7.61. The number of hydrogen-bond donors (Lipinski definition) is 2. The van der Waals surface area contributed by atoms with Gasteiger partial charge in [-0.3, -0.25) is 4.79 Å². The van der Waals surface area contributed by atoms with Gasteiger partial charge in [0.25, 0.3) is 0 Å². The number of ether oxygens (including phenoxy) is 1. The number of anilines is 1. The Bertz CT molecular complexity index is 506. The Balaban J connectivity index is 0.00000312. The summed E-state index contributed by atoms with van der Waals surface area (Å²) in [7, 11) is 4.04. The number of halogens is 2. The molecule has 0 radical (unpaired) electrons. The minimum absolute atomic E-state index is 0. The first-order valence-corrected chi connectivity index (χ1v) is 8.93. The van der Waals surface area contributed by atoms with Gasteiger partial charge in [-0.2, -0.15) is 0 Å². The summed E-state index contributed by atoms with van der Waals surface area (Å²) in [5.41, 5.74) is 0.831. The van der Waals surface area contributed by atoms with Crippen LogP contribution in [0.4, 0.5) is 5.69 Å². The van der Waals surface area contributed by atoms with E-state index in [0.717, 1.165) is 31.1 Å². The van der Waals surface area contributed by atoms with Crippen molar-refractivity contribution < 1.29 is 9.53 Å². The number of benzene rings is 1. The Morgan fingerprint density at radius 1 is 1.23 bits per heavy atom. The van der Waals surface area contributed by atoms with Gasteiger partial charge < -0.3 is 20.3 Å². The molecule has 1 aliphatic heterocycles. The highest BCUT2D eigenvalue weighted by Gasteiger charge is 2.21. The zero-order valence-electron chi connectivity index (χ0n) is 16.0. The molecule has 0 aliphatic carbocycles. The summed E-state index contributed by atoms with van der Waals surface area (Å²) in [5.74, 6) is 2.02. The van der Waals surface area contributed by atoms with Crippen LogP contribution in [-0.4, -0.2) is 51.1 Å². The van der Waals surface area contributed by atoms with E-state index in [1.165, 1.54) is 12.8 Å². The number of piperidine rings is 1. The number of hydrogen-bond acceptors (Lipinski definition) is 4.